The molecular weight excluding hydrogens is 152 g/mol. The highest BCUT2D eigenvalue weighted by atomic mass is 33.1. The van der Waals surface area contributed by atoms with Gasteiger partial charge in [0, 0.05) is 4.90 Å². The monoisotopic (exact) mass is 158 g/mol. The lowest BCUT2D eigenvalue weighted by molar-refractivity contribution is 0.475. The quantitative estimate of drug-likeness (QED) is 0.483. The van der Waals surface area contributed by atoms with Crippen molar-refractivity contribution in [2.45, 2.75) is 4.90 Å². The number of phenols is 1. The summed E-state index contributed by atoms with van der Waals surface area (Å²) >= 11 is 3.98. The second kappa shape index (κ2) is 3.03. The van der Waals surface area contributed by atoms with Crippen LogP contribution in [0.5, 0.6) is 5.75 Å². The van der Waals surface area contributed by atoms with E-state index in [1.54, 1.807) is 12.1 Å². The molecule has 1 nitrogen and oxygen atoms in total. The Bertz CT molecular complexity index is 183. The molecule has 0 radical (unpaired) electrons. The molecule has 0 atom stereocenters. The molecule has 0 fully saturated rings. The van der Waals surface area contributed by atoms with Crippen molar-refractivity contribution in [1.29, 1.82) is 0 Å². The Labute approximate surface area is 62.9 Å². The summed E-state index contributed by atoms with van der Waals surface area (Å²) in [7, 11) is 1.36. The summed E-state index contributed by atoms with van der Waals surface area (Å²) in [5, 5.41) is 8.82. The number of benzene rings is 1. The van der Waals surface area contributed by atoms with E-state index in [4.69, 9.17) is 5.11 Å². The first-order valence-corrected chi connectivity index (χ1v) is 4.30. The molecule has 0 unspecified atom stereocenters. The lowest BCUT2D eigenvalue weighted by atomic mass is 10.3. The van der Waals surface area contributed by atoms with Gasteiger partial charge in [-0.05, 0) is 24.3 Å². The Balaban J connectivity index is 2.88. The van der Waals surface area contributed by atoms with Gasteiger partial charge in [0.15, 0.2) is 0 Å². The third kappa shape index (κ3) is 1.84. The van der Waals surface area contributed by atoms with E-state index < -0.39 is 0 Å². The van der Waals surface area contributed by atoms with Gasteiger partial charge in [0.05, 0.1) is 0 Å². The van der Waals surface area contributed by atoms with Gasteiger partial charge in [-0.25, -0.2) is 0 Å². The van der Waals surface area contributed by atoms with Gasteiger partial charge in [-0.3, -0.25) is 0 Å². The molecule has 0 aromatic heterocycles. The van der Waals surface area contributed by atoms with Gasteiger partial charge in [0.1, 0.15) is 5.75 Å². The zero-order valence-electron chi connectivity index (χ0n) is 4.61. The summed E-state index contributed by atoms with van der Waals surface area (Å²) in [6.07, 6.45) is 0. The lowest BCUT2D eigenvalue weighted by Gasteiger charge is -1.92. The molecule has 0 spiro atoms. The van der Waals surface area contributed by atoms with Gasteiger partial charge in [-0.1, -0.05) is 10.8 Å². The van der Waals surface area contributed by atoms with Crippen LogP contribution in [-0.4, -0.2) is 5.11 Å². The molecule has 1 N–H and O–H groups in total. The van der Waals surface area contributed by atoms with E-state index in [0.717, 1.165) is 4.90 Å². The maximum Gasteiger partial charge on any atom is 0.115 e. The fourth-order valence-corrected chi connectivity index (χ4v) is 1.13. The third-order valence-electron chi connectivity index (χ3n) is 0.942. The van der Waals surface area contributed by atoms with Crippen LogP contribution in [0.2, 0.25) is 0 Å². The van der Waals surface area contributed by atoms with E-state index in [1.165, 1.54) is 10.8 Å². The van der Waals surface area contributed by atoms with Crippen LogP contribution in [0.4, 0.5) is 0 Å². The van der Waals surface area contributed by atoms with E-state index in [9.17, 15) is 0 Å². The molecule has 1 aromatic carbocycles. The molecule has 0 bridgehead atoms. The van der Waals surface area contributed by atoms with Crippen molar-refractivity contribution in [3.8, 4) is 5.75 Å². The zero-order chi connectivity index (χ0) is 6.69. The third-order valence-corrected chi connectivity index (χ3v) is 2.06. The molecule has 9 heavy (non-hydrogen) atoms. The molecule has 0 heterocycles. The number of hydrogen-bond acceptors (Lipinski definition) is 3. The summed E-state index contributed by atoms with van der Waals surface area (Å²) in [5.74, 6) is 0.293. The van der Waals surface area contributed by atoms with Crippen LogP contribution < -0.4 is 0 Å². The van der Waals surface area contributed by atoms with E-state index in [1.807, 2.05) is 12.1 Å². The fourth-order valence-electron chi connectivity index (χ4n) is 0.507. The number of aromatic hydroxyl groups is 1. The Kier molecular flexibility index (Phi) is 2.30. The summed E-state index contributed by atoms with van der Waals surface area (Å²) in [5.41, 5.74) is 0. The molecule has 3 heteroatoms. The van der Waals surface area contributed by atoms with Gasteiger partial charge in [0.25, 0.3) is 0 Å². The molecule has 0 saturated carbocycles. The molecule has 1 aromatic rings. The largest absolute Gasteiger partial charge is 0.508 e. The molecule has 48 valence electrons. The minimum absolute atomic E-state index is 0.293. The second-order valence-corrected chi connectivity index (χ2v) is 2.79. The average molecular weight is 158 g/mol. The maximum atomic E-state index is 8.82. The van der Waals surface area contributed by atoms with Crippen molar-refractivity contribution in [1.82, 2.24) is 0 Å². The van der Waals surface area contributed by atoms with Crippen LogP contribution in [0.1, 0.15) is 0 Å². The number of phenolic OH excluding ortho intramolecular Hbond substituents is 1. The van der Waals surface area contributed by atoms with Crippen molar-refractivity contribution in [2.75, 3.05) is 0 Å². The summed E-state index contributed by atoms with van der Waals surface area (Å²) < 4.78 is 0. The van der Waals surface area contributed by atoms with Crippen LogP contribution in [0.3, 0.4) is 0 Å². The van der Waals surface area contributed by atoms with Crippen LogP contribution in [0, 0.1) is 0 Å². The number of thiol groups is 1. The first-order chi connectivity index (χ1) is 4.33. The van der Waals surface area contributed by atoms with E-state index >= 15 is 0 Å². The summed E-state index contributed by atoms with van der Waals surface area (Å²) in [4.78, 5) is 1.04. The van der Waals surface area contributed by atoms with Crippen molar-refractivity contribution in [2.24, 2.45) is 0 Å². The molecule has 1 rings (SSSR count). The van der Waals surface area contributed by atoms with Gasteiger partial charge in [-0.2, -0.15) is 0 Å². The molecule has 0 aliphatic heterocycles. The van der Waals surface area contributed by atoms with E-state index in [0.29, 0.717) is 5.75 Å². The van der Waals surface area contributed by atoms with Crippen molar-refractivity contribution < 1.29 is 5.11 Å². The highest BCUT2D eigenvalue weighted by Gasteiger charge is 1.87. The van der Waals surface area contributed by atoms with Gasteiger partial charge < -0.3 is 5.11 Å². The maximum absolute atomic E-state index is 8.82. The van der Waals surface area contributed by atoms with Crippen LogP contribution >= 0.6 is 22.5 Å². The fraction of sp³-hybridized carbons (Fsp3) is 0. The molecule has 0 saturated heterocycles. The number of hydrogen-bond donors (Lipinski definition) is 2. The van der Waals surface area contributed by atoms with Crippen LogP contribution in [-0.2, 0) is 0 Å². The second-order valence-electron chi connectivity index (χ2n) is 1.59. The summed E-state index contributed by atoms with van der Waals surface area (Å²) in [6, 6.07) is 6.90. The minimum atomic E-state index is 0.293. The highest BCUT2D eigenvalue weighted by molar-refractivity contribution is 8.68. The van der Waals surface area contributed by atoms with Gasteiger partial charge >= 0.3 is 0 Å². The Hall–Kier alpha value is -0.280. The van der Waals surface area contributed by atoms with Crippen molar-refractivity contribution >= 4 is 22.5 Å². The number of rotatable bonds is 1. The molecule has 0 aliphatic rings. The van der Waals surface area contributed by atoms with Crippen molar-refractivity contribution in [3.05, 3.63) is 24.3 Å². The summed E-state index contributed by atoms with van der Waals surface area (Å²) in [6.45, 7) is 0. The Morgan fingerprint density at radius 2 is 1.78 bits per heavy atom. The van der Waals surface area contributed by atoms with E-state index in [2.05, 4.69) is 11.7 Å². The van der Waals surface area contributed by atoms with E-state index in [-0.39, 0.29) is 0 Å². The molecular formula is C6H6OS2. The molecule has 0 amide bonds. The Morgan fingerprint density at radius 3 is 2.22 bits per heavy atom. The minimum Gasteiger partial charge on any atom is -0.508 e. The lowest BCUT2D eigenvalue weighted by Crippen LogP contribution is -1.64. The predicted octanol–water partition coefficient (Wildman–Crippen LogP) is 2.33. The average Bonchev–Trinajstić information content (AvgIpc) is 1.90. The van der Waals surface area contributed by atoms with Crippen LogP contribution in [0.25, 0.3) is 0 Å². The first-order valence-electron chi connectivity index (χ1n) is 2.43. The topological polar surface area (TPSA) is 20.2 Å². The Morgan fingerprint density at radius 1 is 1.22 bits per heavy atom. The zero-order valence-corrected chi connectivity index (χ0v) is 6.32. The first kappa shape index (κ1) is 6.83. The van der Waals surface area contributed by atoms with Gasteiger partial charge in [-0.15, -0.1) is 11.7 Å². The van der Waals surface area contributed by atoms with Gasteiger partial charge in [0.2, 0.25) is 0 Å². The SMILES string of the molecule is Oc1ccc(SS)cc1. The standard InChI is InChI=1S/C6H6OS2/c7-5-1-3-6(9-8)4-2-5/h1-4,7-8H. The normalized spacial score (nSPS) is 9.44. The molecule has 0 aliphatic carbocycles. The smallest absolute Gasteiger partial charge is 0.115 e. The highest BCUT2D eigenvalue weighted by Crippen LogP contribution is 2.22. The van der Waals surface area contributed by atoms with Crippen LogP contribution in [0.15, 0.2) is 29.2 Å². The van der Waals surface area contributed by atoms with Crippen molar-refractivity contribution in [3.63, 3.8) is 0 Å². The predicted molar refractivity (Wildman–Crippen MR) is 42.9 cm³/mol.